The van der Waals surface area contributed by atoms with E-state index in [-0.39, 0.29) is 18.4 Å². The molecule has 2 fully saturated rings. The van der Waals surface area contributed by atoms with Gasteiger partial charge in [-0.25, -0.2) is 0 Å². The van der Waals surface area contributed by atoms with Crippen LogP contribution in [0, 0.1) is 11.8 Å². The van der Waals surface area contributed by atoms with Crippen molar-refractivity contribution >= 4 is 40.2 Å². The summed E-state index contributed by atoms with van der Waals surface area (Å²) in [6, 6.07) is 5.50. The van der Waals surface area contributed by atoms with Crippen LogP contribution in [0.4, 0.5) is 0 Å². The summed E-state index contributed by atoms with van der Waals surface area (Å²) in [5.41, 5.74) is 8.40. The normalized spacial score (nSPS) is 22.4. The van der Waals surface area contributed by atoms with Crippen molar-refractivity contribution in [1.29, 1.82) is 0 Å². The van der Waals surface area contributed by atoms with Gasteiger partial charge in [-0.2, -0.15) is 11.8 Å². The summed E-state index contributed by atoms with van der Waals surface area (Å²) in [5.74, 6) is 1.71. The van der Waals surface area contributed by atoms with E-state index in [1.807, 2.05) is 18.2 Å². The number of ether oxygens (including phenoxy) is 1. The first-order valence-electron chi connectivity index (χ1n) is 11.9. The number of aromatic nitrogens is 1. The van der Waals surface area contributed by atoms with E-state index in [4.69, 9.17) is 22.1 Å². The third kappa shape index (κ3) is 6.53. The highest BCUT2D eigenvalue weighted by atomic mass is 35.5. The van der Waals surface area contributed by atoms with Gasteiger partial charge >= 0.3 is 5.97 Å². The van der Waals surface area contributed by atoms with E-state index >= 15 is 0 Å². The smallest absolute Gasteiger partial charge is 0.303 e. The number of fused-ring (bicyclic) bond motifs is 1. The number of likely N-dealkylation sites (tertiary alicyclic amines) is 1. The van der Waals surface area contributed by atoms with Crippen LogP contribution in [0.1, 0.15) is 50.1 Å². The van der Waals surface area contributed by atoms with Crippen LogP contribution in [-0.4, -0.2) is 58.7 Å². The fourth-order valence-corrected chi connectivity index (χ4v) is 6.44. The molecule has 4 rings (SSSR count). The number of pyridine rings is 1. The summed E-state index contributed by atoms with van der Waals surface area (Å²) in [4.78, 5) is 18.4. The average Bonchev–Trinajstić information content (AvgIpc) is 3.62. The Balaban J connectivity index is 1.40. The van der Waals surface area contributed by atoms with Crippen molar-refractivity contribution in [2.24, 2.45) is 17.6 Å². The van der Waals surface area contributed by atoms with Crippen molar-refractivity contribution in [3.8, 4) is 5.75 Å². The van der Waals surface area contributed by atoms with Crippen molar-refractivity contribution in [2.75, 3.05) is 32.5 Å². The Labute approximate surface area is 205 Å². The van der Waals surface area contributed by atoms with E-state index in [1.165, 1.54) is 12.8 Å². The molecular formula is C25H34ClN3O3S. The molecule has 8 heteroatoms. The molecule has 3 N–H and O–H groups in total. The molecule has 180 valence electrons. The lowest BCUT2D eigenvalue weighted by Gasteiger charge is -2.38. The number of thioether (sulfide) groups is 1. The van der Waals surface area contributed by atoms with Gasteiger partial charge in [0, 0.05) is 48.1 Å². The van der Waals surface area contributed by atoms with Crippen LogP contribution in [0.25, 0.3) is 10.9 Å². The zero-order chi connectivity index (χ0) is 23.4. The first-order chi connectivity index (χ1) is 15.9. The second-order valence-electron chi connectivity index (χ2n) is 9.36. The molecule has 1 aliphatic carbocycles. The summed E-state index contributed by atoms with van der Waals surface area (Å²) < 4.78 is 5.38. The number of nitrogens with two attached hydrogens (primary N) is 1. The monoisotopic (exact) mass is 491 g/mol. The number of carboxylic acid groups (broad SMARTS) is 1. The highest BCUT2D eigenvalue weighted by Gasteiger charge is 2.31. The molecule has 0 amide bonds. The number of halogens is 1. The number of rotatable bonds is 11. The molecule has 1 aromatic carbocycles. The average molecular weight is 492 g/mol. The Kier molecular flexibility index (Phi) is 8.38. The summed E-state index contributed by atoms with van der Waals surface area (Å²) in [7, 11) is 1.64. The van der Waals surface area contributed by atoms with Gasteiger partial charge in [0.1, 0.15) is 5.75 Å². The molecule has 2 heterocycles. The Morgan fingerprint density at radius 2 is 2.18 bits per heavy atom. The van der Waals surface area contributed by atoms with Crippen LogP contribution in [0.5, 0.6) is 5.75 Å². The molecule has 1 aliphatic heterocycles. The largest absolute Gasteiger partial charge is 0.497 e. The van der Waals surface area contributed by atoms with Crippen LogP contribution in [0.2, 0.25) is 5.02 Å². The van der Waals surface area contributed by atoms with Gasteiger partial charge < -0.3 is 20.5 Å². The number of benzene rings is 1. The van der Waals surface area contributed by atoms with Gasteiger partial charge in [0.2, 0.25) is 0 Å². The van der Waals surface area contributed by atoms with Gasteiger partial charge in [0.15, 0.2) is 0 Å². The fourth-order valence-electron chi connectivity index (χ4n) is 4.99. The molecule has 2 aromatic rings. The molecule has 6 nitrogen and oxygen atoms in total. The molecule has 3 unspecified atom stereocenters. The minimum atomic E-state index is -0.709. The number of nitrogens with zero attached hydrogens (tertiary/aromatic N) is 2. The first-order valence-corrected chi connectivity index (χ1v) is 13.3. The fraction of sp³-hybridized carbons (Fsp3) is 0.600. The standard InChI is InChI=1S/C25H34ClN3O3S/c1-32-18-3-7-23-20(13-18)25(21(26)14-28-23)22(27)6-2-16-8-9-29(10-11-33-19-4-5-19)15-17(16)12-24(30)31/h3,7,13-14,16-17,19,22H,2,4-6,8-12,15,27H2,1H3,(H,30,31). The predicted octanol–water partition coefficient (Wildman–Crippen LogP) is 4.99. The van der Waals surface area contributed by atoms with E-state index in [9.17, 15) is 9.90 Å². The van der Waals surface area contributed by atoms with Crippen molar-refractivity contribution in [3.63, 3.8) is 0 Å². The lowest BCUT2D eigenvalue weighted by molar-refractivity contribution is -0.139. The van der Waals surface area contributed by atoms with E-state index < -0.39 is 5.97 Å². The number of carbonyl (C=O) groups is 1. The molecule has 1 aromatic heterocycles. The Bertz CT molecular complexity index is 971. The topological polar surface area (TPSA) is 88.7 Å². The molecule has 1 saturated carbocycles. The number of methoxy groups -OCH3 is 1. The van der Waals surface area contributed by atoms with Gasteiger partial charge in [0.25, 0.3) is 0 Å². The van der Waals surface area contributed by atoms with E-state index in [2.05, 4.69) is 21.6 Å². The van der Waals surface area contributed by atoms with Gasteiger partial charge in [-0.15, -0.1) is 0 Å². The maximum Gasteiger partial charge on any atom is 0.303 e. The zero-order valence-electron chi connectivity index (χ0n) is 19.2. The van der Waals surface area contributed by atoms with Gasteiger partial charge in [-0.3, -0.25) is 9.78 Å². The summed E-state index contributed by atoms with van der Waals surface area (Å²) >= 11 is 8.60. The summed E-state index contributed by atoms with van der Waals surface area (Å²) in [5, 5.41) is 11.9. The van der Waals surface area contributed by atoms with Gasteiger partial charge in [-0.1, -0.05) is 11.6 Å². The first kappa shape index (κ1) is 24.6. The molecular weight excluding hydrogens is 458 g/mol. The number of aliphatic carboxylic acids is 1. The molecule has 3 atom stereocenters. The van der Waals surface area contributed by atoms with E-state index in [0.29, 0.717) is 10.9 Å². The van der Waals surface area contributed by atoms with Crippen molar-refractivity contribution in [3.05, 3.63) is 35.0 Å². The summed E-state index contributed by atoms with van der Waals surface area (Å²) in [6.07, 6.45) is 7.29. The lowest BCUT2D eigenvalue weighted by atomic mass is 9.79. The molecule has 33 heavy (non-hydrogen) atoms. The molecule has 0 bridgehead atoms. The second kappa shape index (κ2) is 11.3. The quantitative estimate of drug-likeness (QED) is 0.458. The van der Waals surface area contributed by atoms with Crippen LogP contribution < -0.4 is 10.5 Å². The molecule has 1 saturated heterocycles. The zero-order valence-corrected chi connectivity index (χ0v) is 20.8. The van der Waals surface area contributed by atoms with Crippen molar-refractivity contribution in [1.82, 2.24) is 9.88 Å². The maximum atomic E-state index is 11.6. The number of carboxylic acids is 1. The highest BCUT2D eigenvalue weighted by molar-refractivity contribution is 8.00. The minimum Gasteiger partial charge on any atom is -0.497 e. The maximum absolute atomic E-state index is 11.6. The number of hydrogen-bond acceptors (Lipinski definition) is 6. The van der Waals surface area contributed by atoms with Crippen molar-refractivity contribution < 1.29 is 14.6 Å². The third-order valence-electron chi connectivity index (χ3n) is 6.99. The number of hydrogen-bond donors (Lipinski definition) is 2. The van der Waals surface area contributed by atoms with Crippen LogP contribution in [-0.2, 0) is 4.79 Å². The SMILES string of the molecule is COc1ccc2ncc(Cl)c(C(N)CCC3CCN(CCSC4CC4)CC3CC(=O)O)c2c1. The van der Waals surface area contributed by atoms with E-state index in [1.54, 1.807) is 13.3 Å². The third-order valence-corrected chi connectivity index (χ3v) is 8.65. The van der Waals surface area contributed by atoms with Gasteiger partial charge in [-0.05, 0) is 74.2 Å². The predicted molar refractivity (Wildman–Crippen MR) is 135 cm³/mol. The Morgan fingerprint density at radius 1 is 1.36 bits per heavy atom. The second-order valence-corrected chi connectivity index (χ2v) is 11.2. The lowest BCUT2D eigenvalue weighted by Crippen LogP contribution is -2.42. The molecule has 0 radical (unpaired) electrons. The Hall–Kier alpha value is -1.54. The van der Waals surface area contributed by atoms with Crippen LogP contribution in [0.3, 0.4) is 0 Å². The number of piperidine rings is 1. The Morgan fingerprint density at radius 3 is 2.91 bits per heavy atom. The van der Waals surface area contributed by atoms with Crippen LogP contribution in [0.15, 0.2) is 24.4 Å². The molecule has 2 aliphatic rings. The van der Waals surface area contributed by atoms with E-state index in [0.717, 1.165) is 72.1 Å². The minimum absolute atomic E-state index is 0.166. The molecule has 0 spiro atoms. The van der Waals surface area contributed by atoms with Gasteiger partial charge in [0.05, 0.1) is 17.6 Å². The van der Waals surface area contributed by atoms with Crippen molar-refractivity contribution in [2.45, 2.75) is 49.8 Å². The highest BCUT2D eigenvalue weighted by Crippen LogP contribution is 2.37. The summed E-state index contributed by atoms with van der Waals surface area (Å²) in [6.45, 7) is 2.97. The van der Waals surface area contributed by atoms with Crippen LogP contribution >= 0.6 is 23.4 Å².